The Morgan fingerprint density at radius 3 is 2.20 bits per heavy atom. The molecule has 5 heteroatoms. The number of amides is 3. The second-order valence-electron chi connectivity index (χ2n) is 7.85. The normalized spacial score (nSPS) is 25.6. The number of hydrogen-bond donors (Lipinski definition) is 0. The number of nitrogens with zero attached hydrogens (tertiary/aromatic N) is 2. The molecular formula is C20H24N2O3. The van der Waals surface area contributed by atoms with Crippen LogP contribution in [0.2, 0.25) is 0 Å². The van der Waals surface area contributed by atoms with Crippen molar-refractivity contribution in [3.63, 3.8) is 0 Å². The van der Waals surface area contributed by atoms with Crippen molar-refractivity contribution in [2.75, 3.05) is 13.1 Å². The van der Waals surface area contributed by atoms with Crippen LogP contribution in [0.1, 0.15) is 70.6 Å². The largest absolute Gasteiger partial charge is 0.338 e. The van der Waals surface area contributed by atoms with E-state index in [1.54, 1.807) is 18.2 Å². The first kappa shape index (κ1) is 16.3. The predicted octanol–water partition coefficient (Wildman–Crippen LogP) is 2.95. The summed E-state index contributed by atoms with van der Waals surface area (Å²) in [7, 11) is 0. The van der Waals surface area contributed by atoms with Crippen LogP contribution in [0.3, 0.4) is 0 Å². The van der Waals surface area contributed by atoms with Gasteiger partial charge in [0.1, 0.15) is 0 Å². The van der Waals surface area contributed by atoms with Crippen LogP contribution in [0, 0.1) is 11.8 Å². The van der Waals surface area contributed by atoms with E-state index in [-0.39, 0.29) is 23.8 Å². The lowest BCUT2D eigenvalue weighted by Gasteiger charge is -2.22. The fourth-order valence-electron chi connectivity index (χ4n) is 4.62. The molecule has 132 valence electrons. The minimum Gasteiger partial charge on any atom is -0.338 e. The van der Waals surface area contributed by atoms with Gasteiger partial charge in [-0.1, -0.05) is 12.8 Å². The van der Waals surface area contributed by atoms with Crippen molar-refractivity contribution in [3.8, 4) is 0 Å². The minimum atomic E-state index is -0.292. The van der Waals surface area contributed by atoms with E-state index < -0.39 is 0 Å². The van der Waals surface area contributed by atoms with Gasteiger partial charge in [-0.3, -0.25) is 19.3 Å². The van der Waals surface area contributed by atoms with Gasteiger partial charge in [-0.15, -0.1) is 0 Å². The van der Waals surface area contributed by atoms with E-state index in [0.717, 1.165) is 13.1 Å². The summed E-state index contributed by atoms with van der Waals surface area (Å²) < 4.78 is 0. The summed E-state index contributed by atoms with van der Waals surface area (Å²) >= 11 is 0. The maximum absolute atomic E-state index is 12.9. The molecule has 2 aliphatic heterocycles. The number of carbonyl (C=O) groups is 3. The van der Waals surface area contributed by atoms with Crippen molar-refractivity contribution in [3.05, 3.63) is 34.9 Å². The molecule has 0 spiro atoms. The standard InChI is InChI=1S/C20H24N2O3/c1-12(2)22-19(24)16-8-7-13(9-17(16)20(22)25)18(23)21-10-14-5-3-4-6-15(14)11-21/h7-9,12,14-15H,3-6,10-11H2,1-2H3. The van der Waals surface area contributed by atoms with Gasteiger partial charge in [0.25, 0.3) is 17.7 Å². The number of fused-ring (bicyclic) bond motifs is 2. The van der Waals surface area contributed by atoms with Gasteiger partial charge in [-0.2, -0.15) is 0 Å². The molecule has 0 N–H and O–H groups in total. The molecule has 1 aromatic carbocycles. The second kappa shape index (κ2) is 5.97. The van der Waals surface area contributed by atoms with E-state index >= 15 is 0 Å². The lowest BCUT2D eigenvalue weighted by molar-refractivity contribution is 0.0608. The molecule has 25 heavy (non-hydrogen) atoms. The van der Waals surface area contributed by atoms with Crippen LogP contribution in [0.5, 0.6) is 0 Å². The van der Waals surface area contributed by atoms with Crippen molar-refractivity contribution in [1.82, 2.24) is 9.80 Å². The third kappa shape index (κ3) is 2.57. The molecule has 2 heterocycles. The number of rotatable bonds is 2. The van der Waals surface area contributed by atoms with Gasteiger partial charge in [0.05, 0.1) is 11.1 Å². The van der Waals surface area contributed by atoms with E-state index in [0.29, 0.717) is 28.5 Å². The van der Waals surface area contributed by atoms with Gasteiger partial charge in [0, 0.05) is 24.7 Å². The summed E-state index contributed by atoms with van der Waals surface area (Å²) in [5.41, 5.74) is 1.29. The molecule has 5 nitrogen and oxygen atoms in total. The van der Waals surface area contributed by atoms with Crippen LogP contribution in [0.4, 0.5) is 0 Å². The van der Waals surface area contributed by atoms with Crippen LogP contribution in [-0.4, -0.2) is 46.7 Å². The highest BCUT2D eigenvalue weighted by molar-refractivity contribution is 6.22. The summed E-state index contributed by atoms with van der Waals surface area (Å²) in [4.78, 5) is 41.0. The smallest absolute Gasteiger partial charge is 0.261 e. The molecule has 0 aromatic heterocycles. The molecule has 2 atom stereocenters. The Balaban J connectivity index is 1.58. The van der Waals surface area contributed by atoms with E-state index in [2.05, 4.69) is 0 Å². The van der Waals surface area contributed by atoms with E-state index in [1.165, 1.54) is 30.6 Å². The maximum Gasteiger partial charge on any atom is 0.261 e. The van der Waals surface area contributed by atoms with Crippen LogP contribution in [0.15, 0.2) is 18.2 Å². The molecule has 1 saturated heterocycles. The van der Waals surface area contributed by atoms with Crippen molar-refractivity contribution in [1.29, 1.82) is 0 Å². The minimum absolute atomic E-state index is 0.0135. The first-order chi connectivity index (χ1) is 12.0. The van der Waals surface area contributed by atoms with Gasteiger partial charge in [0.15, 0.2) is 0 Å². The molecule has 2 unspecified atom stereocenters. The first-order valence-electron chi connectivity index (χ1n) is 9.28. The maximum atomic E-state index is 12.9. The quantitative estimate of drug-likeness (QED) is 0.778. The Kier molecular flexibility index (Phi) is 3.89. The van der Waals surface area contributed by atoms with Gasteiger partial charge in [-0.05, 0) is 56.7 Å². The fourth-order valence-corrected chi connectivity index (χ4v) is 4.62. The van der Waals surface area contributed by atoms with Crippen LogP contribution in [-0.2, 0) is 0 Å². The lowest BCUT2D eigenvalue weighted by atomic mass is 9.82. The van der Waals surface area contributed by atoms with Crippen molar-refractivity contribution >= 4 is 17.7 Å². The highest BCUT2D eigenvalue weighted by Crippen LogP contribution is 2.36. The summed E-state index contributed by atoms with van der Waals surface area (Å²) in [6.07, 6.45) is 4.97. The summed E-state index contributed by atoms with van der Waals surface area (Å²) in [6, 6.07) is 4.75. The zero-order valence-electron chi connectivity index (χ0n) is 14.8. The third-order valence-electron chi connectivity index (χ3n) is 5.94. The van der Waals surface area contributed by atoms with Gasteiger partial charge in [-0.25, -0.2) is 0 Å². The highest BCUT2D eigenvalue weighted by Gasteiger charge is 2.39. The fraction of sp³-hybridized carbons (Fsp3) is 0.550. The Morgan fingerprint density at radius 2 is 1.60 bits per heavy atom. The van der Waals surface area contributed by atoms with Gasteiger partial charge >= 0.3 is 0 Å². The van der Waals surface area contributed by atoms with Crippen LogP contribution < -0.4 is 0 Å². The number of hydrogen-bond acceptors (Lipinski definition) is 3. The molecule has 2 fully saturated rings. The van der Waals surface area contributed by atoms with Crippen molar-refractivity contribution in [2.24, 2.45) is 11.8 Å². The highest BCUT2D eigenvalue weighted by atomic mass is 16.2. The van der Waals surface area contributed by atoms with Gasteiger partial charge in [0.2, 0.25) is 0 Å². The second-order valence-corrected chi connectivity index (χ2v) is 7.85. The Bertz CT molecular complexity index is 741. The number of carbonyl (C=O) groups excluding carboxylic acids is 3. The summed E-state index contributed by atoms with van der Waals surface area (Å²) in [5, 5.41) is 0. The average Bonchev–Trinajstić information content (AvgIpc) is 3.13. The van der Waals surface area contributed by atoms with E-state index in [9.17, 15) is 14.4 Å². The molecule has 3 aliphatic rings. The Morgan fingerprint density at radius 1 is 1.00 bits per heavy atom. The molecular weight excluding hydrogens is 316 g/mol. The van der Waals surface area contributed by atoms with Crippen molar-refractivity contribution in [2.45, 2.75) is 45.6 Å². The zero-order valence-corrected chi connectivity index (χ0v) is 14.8. The Labute approximate surface area is 148 Å². The van der Waals surface area contributed by atoms with E-state index in [1.807, 2.05) is 18.7 Å². The average molecular weight is 340 g/mol. The summed E-state index contributed by atoms with van der Waals surface area (Å²) in [5.74, 6) is 0.694. The molecule has 0 bridgehead atoms. The number of imide groups is 1. The van der Waals surface area contributed by atoms with Crippen LogP contribution in [0.25, 0.3) is 0 Å². The van der Waals surface area contributed by atoms with Gasteiger partial charge < -0.3 is 4.90 Å². The molecule has 0 radical (unpaired) electrons. The zero-order chi connectivity index (χ0) is 17.7. The molecule has 1 aromatic rings. The SMILES string of the molecule is CC(C)N1C(=O)c2ccc(C(=O)N3CC4CCCCC4C3)cc2C1=O. The number of benzene rings is 1. The topological polar surface area (TPSA) is 57.7 Å². The van der Waals surface area contributed by atoms with E-state index in [4.69, 9.17) is 0 Å². The number of likely N-dealkylation sites (tertiary alicyclic amines) is 1. The Hall–Kier alpha value is -2.17. The first-order valence-corrected chi connectivity index (χ1v) is 9.28. The van der Waals surface area contributed by atoms with Crippen LogP contribution >= 0.6 is 0 Å². The molecule has 1 aliphatic carbocycles. The molecule has 1 saturated carbocycles. The van der Waals surface area contributed by atoms with Crippen molar-refractivity contribution < 1.29 is 14.4 Å². The molecule has 4 rings (SSSR count). The monoisotopic (exact) mass is 340 g/mol. The lowest BCUT2D eigenvalue weighted by Crippen LogP contribution is -2.35. The third-order valence-corrected chi connectivity index (χ3v) is 5.94. The summed E-state index contributed by atoms with van der Waals surface area (Å²) in [6.45, 7) is 5.29. The molecule has 3 amide bonds. The predicted molar refractivity (Wildman–Crippen MR) is 93.4 cm³/mol.